The molecule has 2 amide bonds. The van der Waals surface area contributed by atoms with Crippen LogP contribution < -0.4 is 10.5 Å². The third-order valence-electron chi connectivity index (χ3n) is 3.79. The van der Waals surface area contributed by atoms with E-state index >= 15 is 0 Å². The summed E-state index contributed by atoms with van der Waals surface area (Å²) in [5, 5.41) is 0. The van der Waals surface area contributed by atoms with Crippen LogP contribution in [0.25, 0.3) is 0 Å². The van der Waals surface area contributed by atoms with Gasteiger partial charge in [0.2, 0.25) is 5.82 Å². The molecule has 0 radical (unpaired) electrons. The van der Waals surface area contributed by atoms with E-state index in [1.807, 2.05) is 0 Å². The summed E-state index contributed by atoms with van der Waals surface area (Å²) in [7, 11) is 0. The molecule has 2 aromatic rings. The molecule has 7 nitrogen and oxygen atoms in total. The van der Waals surface area contributed by atoms with Gasteiger partial charge in [-0.25, -0.2) is 9.97 Å². The van der Waals surface area contributed by atoms with Crippen LogP contribution in [0.2, 0.25) is 0 Å². The number of carbonyl (C=O) groups excluding carboxylic acids is 2. The number of aromatic nitrogens is 2. The van der Waals surface area contributed by atoms with Crippen LogP contribution in [0, 0.1) is 0 Å². The van der Waals surface area contributed by atoms with Crippen molar-refractivity contribution in [1.82, 2.24) is 14.9 Å². The lowest BCUT2D eigenvalue weighted by Gasteiger charge is -2.28. The van der Waals surface area contributed by atoms with E-state index in [0.717, 1.165) is 17.7 Å². The summed E-state index contributed by atoms with van der Waals surface area (Å²) >= 11 is 0. The summed E-state index contributed by atoms with van der Waals surface area (Å²) in [5.74, 6) is -1.67. The van der Waals surface area contributed by atoms with E-state index in [-0.39, 0.29) is 23.8 Å². The molecule has 0 unspecified atom stereocenters. The van der Waals surface area contributed by atoms with E-state index < -0.39 is 18.0 Å². The maximum Gasteiger partial charge on any atom is 0.573 e. The number of halogens is 3. The van der Waals surface area contributed by atoms with Crippen LogP contribution in [0.5, 0.6) is 5.75 Å². The fraction of sp³-hybridized carbons (Fsp3) is 0.250. The lowest BCUT2D eigenvalue weighted by Crippen LogP contribution is -2.37. The summed E-state index contributed by atoms with van der Waals surface area (Å²) in [6.45, 7) is 0.545. The number of alkyl halides is 3. The summed E-state index contributed by atoms with van der Waals surface area (Å²) in [4.78, 5) is 33.2. The highest BCUT2D eigenvalue weighted by molar-refractivity contribution is 5.94. The van der Waals surface area contributed by atoms with Crippen LogP contribution in [0.4, 0.5) is 13.2 Å². The zero-order valence-corrected chi connectivity index (χ0v) is 13.3. The van der Waals surface area contributed by atoms with E-state index in [1.165, 1.54) is 23.2 Å². The molecule has 1 aliphatic heterocycles. The second-order valence-electron chi connectivity index (χ2n) is 5.58. The first-order valence-electron chi connectivity index (χ1n) is 7.52. The average molecular weight is 366 g/mol. The van der Waals surface area contributed by atoms with Gasteiger partial charge in [0.1, 0.15) is 5.75 Å². The first-order chi connectivity index (χ1) is 12.2. The maximum absolute atomic E-state index is 12.6. The van der Waals surface area contributed by atoms with Crippen molar-refractivity contribution in [3.8, 4) is 5.75 Å². The van der Waals surface area contributed by atoms with Crippen molar-refractivity contribution in [2.24, 2.45) is 5.73 Å². The maximum atomic E-state index is 12.6. The highest BCUT2D eigenvalue weighted by Gasteiger charge is 2.31. The van der Waals surface area contributed by atoms with Crippen LogP contribution in [-0.2, 0) is 13.0 Å². The Kier molecular flexibility index (Phi) is 4.49. The quantitative estimate of drug-likeness (QED) is 0.891. The highest BCUT2D eigenvalue weighted by atomic mass is 19.4. The number of hydrogen-bond acceptors (Lipinski definition) is 5. The molecular formula is C16H13F3N4O3. The normalized spacial score (nSPS) is 13.9. The zero-order chi connectivity index (χ0) is 18.9. The average Bonchev–Trinajstić information content (AvgIpc) is 2.59. The number of hydrogen-bond donors (Lipinski definition) is 1. The molecule has 136 valence electrons. The third-order valence-corrected chi connectivity index (χ3v) is 3.79. The number of amides is 2. The molecule has 1 aliphatic rings. The predicted molar refractivity (Wildman–Crippen MR) is 82.1 cm³/mol. The number of nitrogens with zero attached hydrogens (tertiary/aromatic N) is 3. The number of benzene rings is 1. The van der Waals surface area contributed by atoms with Gasteiger partial charge in [-0.15, -0.1) is 13.2 Å². The zero-order valence-electron chi connectivity index (χ0n) is 13.3. The molecule has 0 aliphatic carbocycles. The van der Waals surface area contributed by atoms with Crippen LogP contribution >= 0.6 is 0 Å². The van der Waals surface area contributed by atoms with Gasteiger partial charge in [-0.2, -0.15) is 0 Å². The fourth-order valence-corrected chi connectivity index (χ4v) is 2.58. The summed E-state index contributed by atoms with van der Waals surface area (Å²) < 4.78 is 40.3. The highest BCUT2D eigenvalue weighted by Crippen LogP contribution is 2.24. The first kappa shape index (κ1) is 17.6. The van der Waals surface area contributed by atoms with Gasteiger partial charge in [0, 0.05) is 18.3 Å². The molecule has 0 saturated heterocycles. The molecule has 1 aromatic carbocycles. The van der Waals surface area contributed by atoms with Gasteiger partial charge in [0.15, 0.2) is 0 Å². The Morgan fingerprint density at radius 1 is 1.19 bits per heavy atom. The Balaban J connectivity index is 1.75. The van der Waals surface area contributed by atoms with Crippen molar-refractivity contribution in [2.45, 2.75) is 19.3 Å². The van der Waals surface area contributed by atoms with E-state index in [1.54, 1.807) is 0 Å². The monoisotopic (exact) mass is 366 g/mol. The SMILES string of the molecule is NC(=O)c1ncc2c(n1)CN(C(=O)c1ccc(OC(F)(F)F)cc1)CC2. The molecule has 0 fully saturated rings. The first-order valence-corrected chi connectivity index (χ1v) is 7.52. The van der Waals surface area contributed by atoms with Crippen molar-refractivity contribution in [1.29, 1.82) is 0 Å². The summed E-state index contributed by atoms with van der Waals surface area (Å²) in [6.07, 6.45) is -2.79. The van der Waals surface area contributed by atoms with Gasteiger partial charge in [0.25, 0.3) is 11.8 Å². The smallest absolute Gasteiger partial charge is 0.406 e. The van der Waals surface area contributed by atoms with Gasteiger partial charge in [0.05, 0.1) is 12.2 Å². The number of fused-ring (bicyclic) bond motifs is 1. The largest absolute Gasteiger partial charge is 0.573 e. The van der Waals surface area contributed by atoms with Gasteiger partial charge >= 0.3 is 6.36 Å². The third kappa shape index (κ3) is 3.90. The molecule has 2 N–H and O–H groups in total. The number of ether oxygens (including phenoxy) is 1. The second kappa shape index (κ2) is 6.62. The Hall–Kier alpha value is -3.17. The van der Waals surface area contributed by atoms with Crippen molar-refractivity contribution < 1.29 is 27.5 Å². The van der Waals surface area contributed by atoms with Gasteiger partial charge in [-0.05, 0) is 36.2 Å². The minimum Gasteiger partial charge on any atom is -0.406 e. The number of rotatable bonds is 3. The minimum absolute atomic E-state index is 0.133. The van der Waals surface area contributed by atoms with Gasteiger partial charge < -0.3 is 15.4 Å². The van der Waals surface area contributed by atoms with E-state index in [2.05, 4.69) is 14.7 Å². The molecule has 10 heteroatoms. The molecule has 26 heavy (non-hydrogen) atoms. The van der Waals surface area contributed by atoms with E-state index in [4.69, 9.17) is 5.73 Å². The van der Waals surface area contributed by atoms with Crippen LogP contribution in [0.15, 0.2) is 30.5 Å². The summed E-state index contributed by atoms with van der Waals surface area (Å²) in [5.41, 5.74) is 6.70. The Morgan fingerprint density at radius 2 is 1.88 bits per heavy atom. The Labute approximate surface area is 145 Å². The Bertz CT molecular complexity index is 853. The second-order valence-corrected chi connectivity index (χ2v) is 5.58. The standard InChI is InChI=1S/C16H13F3N4O3/c17-16(18,19)26-11-3-1-9(2-4-11)15(25)23-6-5-10-7-21-14(13(20)24)22-12(10)8-23/h1-4,7H,5-6,8H2,(H2,20,24). The van der Waals surface area contributed by atoms with Crippen molar-refractivity contribution in [3.63, 3.8) is 0 Å². The molecule has 3 rings (SSSR count). The molecule has 2 heterocycles. The van der Waals surface area contributed by atoms with Crippen LogP contribution in [0.1, 0.15) is 32.2 Å². The van der Waals surface area contributed by atoms with Gasteiger partial charge in [-0.3, -0.25) is 9.59 Å². The molecule has 0 saturated carbocycles. The Morgan fingerprint density at radius 3 is 2.50 bits per heavy atom. The number of nitrogens with two attached hydrogens (primary N) is 1. The van der Waals surface area contributed by atoms with E-state index in [9.17, 15) is 22.8 Å². The topological polar surface area (TPSA) is 98.4 Å². The lowest BCUT2D eigenvalue weighted by atomic mass is 10.1. The molecule has 0 bridgehead atoms. The number of primary amides is 1. The van der Waals surface area contributed by atoms with Crippen LogP contribution in [-0.4, -0.2) is 39.6 Å². The van der Waals surface area contributed by atoms with Crippen molar-refractivity contribution in [2.75, 3.05) is 6.54 Å². The van der Waals surface area contributed by atoms with Crippen LogP contribution in [0.3, 0.4) is 0 Å². The number of carbonyl (C=O) groups is 2. The van der Waals surface area contributed by atoms with Gasteiger partial charge in [-0.1, -0.05) is 0 Å². The van der Waals surface area contributed by atoms with E-state index in [0.29, 0.717) is 18.7 Å². The predicted octanol–water partition coefficient (Wildman–Crippen LogP) is 1.67. The molecule has 0 atom stereocenters. The molecule has 1 aromatic heterocycles. The minimum atomic E-state index is -4.79. The molecule has 0 spiro atoms. The molecular weight excluding hydrogens is 353 g/mol. The lowest BCUT2D eigenvalue weighted by molar-refractivity contribution is -0.274. The summed E-state index contributed by atoms with van der Waals surface area (Å²) in [6, 6.07) is 4.67. The van der Waals surface area contributed by atoms with Crippen molar-refractivity contribution >= 4 is 11.8 Å². The van der Waals surface area contributed by atoms with Crippen molar-refractivity contribution in [3.05, 3.63) is 53.1 Å². The fourth-order valence-electron chi connectivity index (χ4n) is 2.58.